The minimum atomic E-state index is 0.124. The van der Waals surface area contributed by atoms with E-state index in [1.54, 1.807) is 12.4 Å². The predicted octanol–water partition coefficient (Wildman–Crippen LogP) is 2.26. The van der Waals surface area contributed by atoms with Crippen LogP contribution >= 0.6 is 0 Å². The maximum absolute atomic E-state index is 13.0. The lowest BCUT2D eigenvalue weighted by atomic mass is 9.98. The first-order valence-corrected chi connectivity index (χ1v) is 8.75. The minimum Gasteiger partial charge on any atom is -0.332 e. The molecule has 0 radical (unpaired) electrons. The van der Waals surface area contributed by atoms with Gasteiger partial charge in [0.2, 0.25) is 5.91 Å². The highest BCUT2D eigenvalue weighted by atomic mass is 16.2. The number of hydrogen-bond acceptors (Lipinski definition) is 4. The third kappa shape index (κ3) is 2.24. The SMILES string of the molecule is Cc1cc2ncc3c(n2n1)C[C@@H]1CC[C@@H]3N1C(=O)Cc1cccnc1. The first-order chi connectivity index (χ1) is 12.2. The van der Waals surface area contributed by atoms with E-state index >= 15 is 0 Å². The average molecular weight is 333 g/mol. The lowest BCUT2D eigenvalue weighted by Crippen LogP contribution is -2.43. The number of amides is 1. The summed E-state index contributed by atoms with van der Waals surface area (Å²) in [7, 11) is 0. The van der Waals surface area contributed by atoms with Crippen molar-refractivity contribution in [3.8, 4) is 0 Å². The molecule has 6 nitrogen and oxygen atoms in total. The van der Waals surface area contributed by atoms with Gasteiger partial charge in [-0.25, -0.2) is 9.50 Å². The summed E-state index contributed by atoms with van der Waals surface area (Å²) in [5.41, 5.74) is 5.21. The Kier molecular flexibility index (Phi) is 3.13. The molecule has 2 aliphatic rings. The molecule has 0 aliphatic carbocycles. The quantitative estimate of drug-likeness (QED) is 0.722. The molecule has 5 rings (SSSR count). The lowest BCUT2D eigenvalue weighted by molar-refractivity contribution is -0.134. The summed E-state index contributed by atoms with van der Waals surface area (Å²) >= 11 is 0. The second-order valence-corrected chi connectivity index (χ2v) is 7.01. The Balaban J connectivity index is 1.51. The molecular formula is C19H19N5O. The van der Waals surface area contributed by atoms with Gasteiger partial charge in [0.1, 0.15) is 0 Å². The molecular weight excluding hydrogens is 314 g/mol. The van der Waals surface area contributed by atoms with E-state index in [0.29, 0.717) is 6.42 Å². The maximum Gasteiger partial charge on any atom is 0.227 e. The summed E-state index contributed by atoms with van der Waals surface area (Å²) < 4.78 is 1.97. The van der Waals surface area contributed by atoms with Crippen molar-refractivity contribution in [1.29, 1.82) is 0 Å². The topological polar surface area (TPSA) is 63.4 Å². The molecule has 25 heavy (non-hydrogen) atoms. The fourth-order valence-corrected chi connectivity index (χ4v) is 4.35. The third-order valence-electron chi connectivity index (χ3n) is 5.39. The summed E-state index contributed by atoms with van der Waals surface area (Å²) in [5.74, 6) is 0.183. The summed E-state index contributed by atoms with van der Waals surface area (Å²) in [5, 5.41) is 4.60. The Morgan fingerprint density at radius 1 is 1.32 bits per heavy atom. The van der Waals surface area contributed by atoms with Gasteiger partial charge in [0.25, 0.3) is 0 Å². The van der Waals surface area contributed by atoms with Crippen LogP contribution in [0.3, 0.4) is 0 Å². The van der Waals surface area contributed by atoms with Crippen LogP contribution in [0, 0.1) is 6.92 Å². The monoisotopic (exact) mass is 333 g/mol. The molecule has 2 bridgehead atoms. The van der Waals surface area contributed by atoms with E-state index in [-0.39, 0.29) is 18.0 Å². The fourth-order valence-electron chi connectivity index (χ4n) is 4.35. The molecule has 0 N–H and O–H groups in total. The van der Waals surface area contributed by atoms with Crippen molar-refractivity contribution in [2.75, 3.05) is 0 Å². The molecule has 0 aromatic carbocycles. The van der Waals surface area contributed by atoms with Crippen LogP contribution in [0.5, 0.6) is 0 Å². The second-order valence-electron chi connectivity index (χ2n) is 7.01. The predicted molar refractivity (Wildman–Crippen MR) is 92.0 cm³/mol. The molecule has 3 aromatic rings. The van der Waals surface area contributed by atoms with Gasteiger partial charge < -0.3 is 4.90 Å². The highest BCUT2D eigenvalue weighted by molar-refractivity contribution is 5.80. The molecule has 6 heteroatoms. The Bertz CT molecular complexity index is 965. The molecule has 5 heterocycles. The average Bonchev–Trinajstić information content (AvgIpc) is 3.15. The first kappa shape index (κ1) is 14.6. The molecule has 0 spiro atoms. The van der Waals surface area contributed by atoms with Crippen LogP contribution < -0.4 is 0 Å². The van der Waals surface area contributed by atoms with E-state index in [0.717, 1.165) is 41.7 Å². The molecule has 2 atom stereocenters. The Labute approximate surface area is 145 Å². The van der Waals surface area contributed by atoms with E-state index in [1.807, 2.05) is 35.8 Å². The Morgan fingerprint density at radius 2 is 2.24 bits per heavy atom. The molecule has 1 saturated heterocycles. The van der Waals surface area contributed by atoms with Crippen molar-refractivity contribution in [2.24, 2.45) is 0 Å². The van der Waals surface area contributed by atoms with E-state index in [2.05, 4.69) is 20.0 Å². The number of pyridine rings is 1. The molecule has 3 aromatic heterocycles. The molecule has 126 valence electrons. The summed E-state index contributed by atoms with van der Waals surface area (Å²) in [6.45, 7) is 1.99. The molecule has 1 fully saturated rings. The standard InChI is InChI=1S/C19H19N5O/c1-12-7-18-21-11-15-16-5-4-14(9-17(15)24(18)22-12)23(16)19(25)8-13-3-2-6-20-10-13/h2-3,6-7,10-11,14,16H,4-5,8-9H2,1H3/t14-,16-/m0/s1. The fraction of sp³-hybridized carbons (Fsp3) is 0.368. The lowest BCUT2D eigenvalue weighted by Gasteiger charge is -2.36. The van der Waals surface area contributed by atoms with Crippen molar-refractivity contribution in [3.05, 3.63) is 59.3 Å². The van der Waals surface area contributed by atoms with Gasteiger partial charge in [-0.15, -0.1) is 0 Å². The van der Waals surface area contributed by atoms with Gasteiger partial charge in [-0.3, -0.25) is 9.78 Å². The number of nitrogens with zero attached hydrogens (tertiary/aromatic N) is 5. The third-order valence-corrected chi connectivity index (χ3v) is 5.39. The number of rotatable bonds is 2. The number of carbonyl (C=O) groups is 1. The summed E-state index contributed by atoms with van der Waals surface area (Å²) in [6.07, 6.45) is 8.76. The van der Waals surface area contributed by atoms with Crippen LogP contribution in [0.1, 0.15) is 41.4 Å². The zero-order valence-corrected chi connectivity index (χ0v) is 14.1. The highest BCUT2D eigenvalue weighted by Gasteiger charge is 2.43. The van der Waals surface area contributed by atoms with Crippen LogP contribution in [0.15, 0.2) is 36.8 Å². The van der Waals surface area contributed by atoms with Gasteiger partial charge in [0.15, 0.2) is 5.65 Å². The second kappa shape index (κ2) is 5.37. The van der Waals surface area contributed by atoms with Crippen LogP contribution in [0.4, 0.5) is 0 Å². The smallest absolute Gasteiger partial charge is 0.227 e. The number of aryl methyl sites for hydroxylation is 1. The van der Waals surface area contributed by atoms with Crippen LogP contribution in [-0.2, 0) is 17.6 Å². The number of aromatic nitrogens is 4. The van der Waals surface area contributed by atoms with Crippen molar-refractivity contribution in [3.63, 3.8) is 0 Å². The number of fused-ring (bicyclic) bond motifs is 6. The van der Waals surface area contributed by atoms with Gasteiger partial charge in [-0.1, -0.05) is 6.07 Å². The molecule has 0 saturated carbocycles. The van der Waals surface area contributed by atoms with Gasteiger partial charge in [0.05, 0.1) is 23.9 Å². The van der Waals surface area contributed by atoms with Crippen LogP contribution in [0.2, 0.25) is 0 Å². The molecule has 2 aliphatic heterocycles. The maximum atomic E-state index is 13.0. The molecule has 0 unspecified atom stereocenters. The van der Waals surface area contributed by atoms with Crippen molar-refractivity contribution >= 4 is 11.6 Å². The van der Waals surface area contributed by atoms with Crippen LogP contribution in [-0.4, -0.2) is 36.4 Å². The van der Waals surface area contributed by atoms with Crippen molar-refractivity contribution in [2.45, 2.75) is 44.7 Å². The van der Waals surface area contributed by atoms with Crippen LogP contribution in [0.25, 0.3) is 5.65 Å². The van der Waals surface area contributed by atoms with E-state index in [4.69, 9.17) is 0 Å². The normalized spacial score (nSPS) is 21.6. The van der Waals surface area contributed by atoms with Gasteiger partial charge in [-0.2, -0.15) is 5.10 Å². The minimum absolute atomic E-state index is 0.124. The highest BCUT2D eigenvalue weighted by Crippen LogP contribution is 2.43. The zero-order valence-electron chi connectivity index (χ0n) is 14.1. The number of hydrogen-bond donors (Lipinski definition) is 0. The summed E-state index contributed by atoms with van der Waals surface area (Å²) in [6, 6.07) is 6.23. The van der Waals surface area contributed by atoms with Crippen molar-refractivity contribution in [1.82, 2.24) is 24.5 Å². The van der Waals surface area contributed by atoms with Crippen molar-refractivity contribution < 1.29 is 4.79 Å². The van der Waals surface area contributed by atoms with E-state index in [1.165, 1.54) is 5.69 Å². The van der Waals surface area contributed by atoms with E-state index in [9.17, 15) is 4.79 Å². The Morgan fingerprint density at radius 3 is 3.08 bits per heavy atom. The largest absolute Gasteiger partial charge is 0.332 e. The zero-order chi connectivity index (χ0) is 17.0. The Hall–Kier alpha value is -2.76. The number of carbonyl (C=O) groups excluding carboxylic acids is 1. The van der Waals surface area contributed by atoms with Gasteiger partial charge in [-0.05, 0) is 31.4 Å². The molecule has 1 amide bonds. The van der Waals surface area contributed by atoms with E-state index < -0.39 is 0 Å². The van der Waals surface area contributed by atoms with Gasteiger partial charge in [0, 0.05) is 42.7 Å². The van der Waals surface area contributed by atoms with Gasteiger partial charge >= 0.3 is 0 Å². The first-order valence-electron chi connectivity index (χ1n) is 8.75. The summed E-state index contributed by atoms with van der Waals surface area (Å²) in [4.78, 5) is 23.7.